The number of hydrogen-bond donors (Lipinski definition) is 2. The molecule has 0 aliphatic carbocycles. The van der Waals surface area contributed by atoms with Crippen LogP contribution in [0.4, 0.5) is 10.5 Å². The smallest absolute Gasteiger partial charge is 0.412 e. The second-order valence-corrected chi connectivity index (χ2v) is 2.53. The Morgan fingerprint density at radius 1 is 1.57 bits per heavy atom. The van der Waals surface area contributed by atoms with Crippen molar-refractivity contribution in [3.63, 3.8) is 0 Å². The summed E-state index contributed by atoms with van der Waals surface area (Å²) in [5.74, 6) is 0.00283. The SMILES string of the molecule is C=CCOC(=O)Nc1ccccc1O. The van der Waals surface area contributed by atoms with Crippen molar-refractivity contribution >= 4 is 11.8 Å². The van der Waals surface area contributed by atoms with E-state index in [4.69, 9.17) is 0 Å². The van der Waals surface area contributed by atoms with Crippen molar-refractivity contribution in [1.82, 2.24) is 0 Å². The minimum absolute atomic E-state index is 0.00283. The van der Waals surface area contributed by atoms with Crippen LogP contribution in [0.1, 0.15) is 0 Å². The zero-order valence-electron chi connectivity index (χ0n) is 7.56. The molecule has 0 spiro atoms. The van der Waals surface area contributed by atoms with Crippen molar-refractivity contribution < 1.29 is 14.6 Å². The molecule has 1 aromatic carbocycles. The topological polar surface area (TPSA) is 58.6 Å². The first-order valence-corrected chi connectivity index (χ1v) is 4.06. The number of phenols is 1. The average molecular weight is 193 g/mol. The van der Waals surface area contributed by atoms with Crippen LogP contribution in [0.15, 0.2) is 36.9 Å². The summed E-state index contributed by atoms with van der Waals surface area (Å²) in [6.45, 7) is 3.54. The lowest BCUT2D eigenvalue weighted by atomic mass is 10.3. The molecule has 1 amide bonds. The van der Waals surface area contributed by atoms with E-state index in [2.05, 4.69) is 16.6 Å². The van der Waals surface area contributed by atoms with E-state index in [9.17, 15) is 9.90 Å². The fraction of sp³-hybridized carbons (Fsp3) is 0.100. The third-order valence-electron chi connectivity index (χ3n) is 1.47. The number of hydrogen-bond acceptors (Lipinski definition) is 3. The molecule has 0 atom stereocenters. The minimum atomic E-state index is -0.619. The van der Waals surface area contributed by atoms with Crippen LogP contribution in [0.3, 0.4) is 0 Å². The van der Waals surface area contributed by atoms with Gasteiger partial charge in [-0.3, -0.25) is 5.32 Å². The fourth-order valence-corrected chi connectivity index (χ4v) is 0.860. The van der Waals surface area contributed by atoms with Gasteiger partial charge in [0.1, 0.15) is 12.4 Å². The summed E-state index contributed by atoms with van der Waals surface area (Å²) in [4.78, 5) is 11.0. The van der Waals surface area contributed by atoms with Crippen LogP contribution in [0, 0.1) is 0 Å². The molecule has 2 N–H and O–H groups in total. The Hall–Kier alpha value is -1.97. The molecule has 0 radical (unpaired) electrons. The molecule has 1 rings (SSSR count). The molecule has 4 nitrogen and oxygen atoms in total. The van der Waals surface area contributed by atoms with Gasteiger partial charge in [-0.05, 0) is 12.1 Å². The Bertz CT molecular complexity index is 336. The number of benzene rings is 1. The van der Waals surface area contributed by atoms with Crippen molar-refractivity contribution in [2.45, 2.75) is 0 Å². The Morgan fingerprint density at radius 2 is 2.29 bits per heavy atom. The van der Waals surface area contributed by atoms with Gasteiger partial charge in [-0.25, -0.2) is 4.79 Å². The van der Waals surface area contributed by atoms with E-state index in [1.807, 2.05) is 0 Å². The molecule has 14 heavy (non-hydrogen) atoms. The summed E-state index contributed by atoms with van der Waals surface area (Å²) in [5, 5.41) is 11.7. The maximum absolute atomic E-state index is 11.0. The monoisotopic (exact) mass is 193 g/mol. The van der Waals surface area contributed by atoms with Gasteiger partial charge in [-0.2, -0.15) is 0 Å². The Kier molecular flexibility index (Phi) is 3.55. The van der Waals surface area contributed by atoms with E-state index >= 15 is 0 Å². The molecular formula is C10H11NO3. The predicted molar refractivity (Wildman–Crippen MR) is 53.3 cm³/mol. The third-order valence-corrected chi connectivity index (χ3v) is 1.47. The van der Waals surface area contributed by atoms with E-state index in [0.717, 1.165) is 0 Å². The number of carbonyl (C=O) groups excluding carboxylic acids is 1. The second-order valence-electron chi connectivity index (χ2n) is 2.53. The van der Waals surface area contributed by atoms with E-state index < -0.39 is 6.09 Å². The number of phenolic OH excluding ortho intramolecular Hbond substituents is 1. The molecule has 0 aliphatic heterocycles. The number of nitrogens with one attached hydrogen (secondary N) is 1. The molecule has 0 bridgehead atoms. The second kappa shape index (κ2) is 4.91. The molecular weight excluding hydrogens is 182 g/mol. The van der Waals surface area contributed by atoms with Gasteiger partial charge in [-0.15, -0.1) is 0 Å². The van der Waals surface area contributed by atoms with E-state index in [1.165, 1.54) is 12.1 Å². The lowest BCUT2D eigenvalue weighted by Gasteiger charge is -2.06. The van der Waals surface area contributed by atoms with Gasteiger partial charge in [0.05, 0.1) is 5.69 Å². The third kappa shape index (κ3) is 2.82. The van der Waals surface area contributed by atoms with E-state index in [-0.39, 0.29) is 12.4 Å². The summed E-state index contributed by atoms with van der Waals surface area (Å²) < 4.78 is 4.67. The Morgan fingerprint density at radius 3 is 2.93 bits per heavy atom. The number of rotatable bonds is 3. The standard InChI is InChI=1S/C10H11NO3/c1-2-7-14-10(13)11-8-5-3-4-6-9(8)12/h2-6,12H,1,7H2,(H,11,13). The first kappa shape index (κ1) is 10.1. The number of amides is 1. The lowest BCUT2D eigenvalue weighted by molar-refractivity contribution is 0.174. The molecule has 0 aliphatic rings. The number of carbonyl (C=O) groups is 1. The van der Waals surface area contributed by atoms with Gasteiger partial charge in [0.25, 0.3) is 0 Å². The van der Waals surface area contributed by atoms with E-state index in [1.54, 1.807) is 18.2 Å². The summed E-state index contributed by atoms with van der Waals surface area (Å²) >= 11 is 0. The average Bonchev–Trinajstić information content (AvgIpc) is 2.18. The number of para-hydroxylation sites is 2. The zero-order chi connectivity index (χ0) is 10.4. The highest BCUT2D eigenvalue weighted by atomic mass is 16.5. The van der Waals surface area contributed by atoms with E-state index in [0.29, 0.717) is 5.69 Å². The summed E-state index contributed by atoms with van der Waals surface area (Å²) in [6, 6.07) is 6.41. The Labute approximate surface area is 81.8 Å². The van der Waals surface area contributed by atoms with Gasteiger partial charge in [0.2, 0.25) is 0 Å². The predicted octanol–water partition coefficient (Wildman–Crippen LogP) is 2.13. The molecule has 74 valence electrons. The molecule has 0 heterocycles. The maximum Gasteiger partial charge on any atom is 0.412 e. The van der Waals surface area contributed by atoms with Crippen LogP contribution in [-0.2, 0) is 4.74 Å². The molecule has 0 unspecified atom stereocenters. The quantitative estimate of drug-likeness (QED) is 0.571. The highest BCUT2D eigenvalue weighted by Gasteiger charge is 2.04. The van der Waals surface area contributed by atoms with Crippen molar-refractivity contribution in [2.75, 3.05) is 11.9 Å². The molecule has 0 saturated heterocycles. The van der Waals surface area contributed by atoms with Gasteiger partial charge < -0.3 is 9.84 Å². The lowest BCUT2D eigenvalue weighted by Crippen LogP contribution is -2.13. The fourth-order valence-electron chi connectivity index (χ4n) is 0.860. The molecule has 0 fully saturated rings. The zero-order valence-corrected chi connectivity index (χ0v) is 7.56. The molecule has 0 aromatic heterocycles. The van der Waals surface area contributed by atoms with Gasteiger partial charge in [0.15, 0.2) is 0 Å². The number of ether oxygens (including phenoxy) is 1. The number of aromatic hydroxyl groups is 1. The van der Waals surface area contributed by atoms with Crippen LogP contribution >= 0.6 is 0 Å². The highest BCUT2D eigenvalue weighted by molar-refractivity contribution is 5.86. The summed E-state index contributed by atoms with van der Waals surface area (Å²) in [5.41, 5.74) is 0.321. The van der Waals surface area contributed by atoms with Crippen molar-refractivity contribution in [3.8, 4) is 5.75 Å². The minimum Gasteiger partial charge on any atom is -0.506 e. The molecule has 0 saturated carbocycles. The van der Waals surface area contributed by atoms with Crippen LogP contribution < -0.4 is 5.32 Å². The van der Waals surface area contributed by atoms with Crippen molar-refractivity contribution in [2.24, 2.45) is 0 Å². The van der Waals surface area contributed by atoms with Crippen LogP contribution in [0.25, 0.3) is 0 Å². The van der Waals surface area contributed by atoms with Crippen molar-refractivity contribution in [3.05, 3.63) is 36.9 Å². The highest BCUT2D eigenvalue weighted by Crippen LogP contribution is 2.21. The van der Waals surface area contributed by atoms with Crippen molar-refractivity contribution in [1.29, 1.82) is 0 Å². The number of anilines is 1. The van der Waals surface area contributed by atoms with Crippen LogP contribution in [0.5, 0.6) is 5.75 Å². The molecule has 1 aromatic rings. The Balaban J connectivity index is 2.56. The first-order valence-electron chi connectivity index (χ1n) is 4.06. The van der Waals surface area contributed by atoms with Crippen LogP contribution in [0.2, 0.25) is 0 Å². The largest absolute Gasteiger partial charge is 0.506 e. The van der Waals surface area contributed by atoms with Gasteiger partial charge in [0, 0.05) is 0 Å². The van der Waals surface area contributed by atoms with Gasteiger partial charge in [-0.1, -0.05) is 24.8 Å². The normalized spacial score (nSPS) is 9.14. The first-order chi connectivity index (χ1) is 6.74. The summed E-state index contributed by atoms with van der Waals surface area (Å²) in [7, 11) is 0. The molecule has 4 heteroatoms. The maximum atomic E-state index is 11.0. The van der Waals surface area contributed by atoms with Gasteiger partial charge >= 0.3 is 6.09 Å². The van der Waals surface area contributed by atoms with Crippen LogP contribution in [-0.4, -0.2) is 17.8 Å². The summed E-state index contributed by atoms with van der Waals surface area (Å²) in [6.07, 6.45) is 0.844.